The largest absolute Gasteiger partial charge is 4.00 e. The molecule has 4 rings (SSSR count). The van der Waals surface area contributed by atoms with E-state index in [9.17, 15) is 0 Å². The van der Waals surface area contributed by atoms with Gasteiger partial charge in [0.25, 0.3) is 0 Å². The Morgan fingerprint density at radius 3 is 0.710 bits per heavy atom. The molecule has 11 heteroatoms. The third-order valence-corrected chi connectivity index (χ3v) is 33.4. The van der Waals surface area contributed by atoms with Gasteiger partial charge < -0.3 is 37.2 Å². The van der Waals surface area contributed by atoms with Crippen molar-refractivity contribution >= 4 is 108 Å². The van der Waals surface area contributed by atoms with Crippen LogP contribution in [0.4, 0.5) is 0 Å². The van der Waals surface area contributed by atoms with Crippen LogP contribution in [0.1, 0.15) is 55.6 Å². The van der Waals surface area contributed by atoms with Crippen LogP contribution in [0.3, 0.4) is 0 Å². The Balaban J connectivity index is 0.00000930. The van der Waals surface area contributed by atoms with Gasteiger partial charge in [0.05, 0.1) is 48.4 Å². The van der Waals surface area contributed by atoms with E-state index in [1.54, 1.807) is 64.1 Å². The summed E-state index contributed by atoms with van der Waals surface area (Å²) in [7, 11) is -15.3. The standard InChI is InChI=1S/C51H87Si7.3ClH.Ti/c1-32-29-42(52(11,12)13)49(46(35(32)4)55(20,21)22)58(45-40(9)38(7)39(8)41(45)10,50-43(53(14,15)16)30-33(2)36(5)47(50)56(23,24)25)51-44(54(17,18)19)31-34(3)37(6)48(51)57(26,27)28;;;;/h29-31H,1-28H3;3*1H;/q-1;;;;+4/p-3. The quantitative estimate of drug-likeness (QED) is 0.121. The second-order valence-electron chi connectivity index (χ2n) is 25.0. The molecule has 0 saturated carbocycles. The zero-order chi connectivity index (χ0) is 45.2. The predicted molar refractivity (Wildman–Crippen MR) is 291 cm³/mol. The average Bonchev–Trinajstić information content (AvgIpc) is 3.20. The minimum Gasteiger partial charge on any atom is -1.00 e. The summed E-state index contributed by atoms with van der Waals surface area (Å²) < 4.78 is 0. The van der Waals surface area contributed by atoms with Gasteiger partial charge in [-0.15, -0.1) is 0 Å². The molecular formula is C51H87Cl3Si7Ti. The summed E-state index contributed by atoms with van der Waals surface area (Å²) in [4.78, 5) is 0. The van der Waals surface area contributed by atoms with Crippen LogP contribution in [-0.2, 0) is 21.7 Å². The number of hydrogen-bond acceptors (Lipinski definition) is 0. The van der Waals surface area contributed by atoms with Crippen LogP contribution < -0.4 is 89.1 Å². The van der Waals surface area contributed by atoms with Crippen LogP contribution >= 0.6 is 0 Å². The summed E-state index contributed by atoms with van der Waals surface area (Å²) in [6.45, 7) is 73.6. The van der Waals surface area contributed by atoms with E-state index in [1.807, 2.05) is 15.6 Å². The summed E-state index contributed by atoms with van der Waals surface area (Å²) in [5.74, 6) is 0. The molecule has 0 N–H and O–H groups in total. The number of benzene rings is 3. The van der Waals surface area contributed by atoms with Gasteiger partial charge in [-0.25, -0.2) is 0 Å². The molecule has 0 heterocycles. The Morgan fingerprint density at radius 1 is 0.323 bits per heavy atom. The van der Waals surface area contributed by atoms with Crippen LogP contribution in [0.25, 0.3) is 0 Å². The number of halogens is 3. The van der Waals surface area contributed by atoms with Gasteiger partial charge in [0.15, 0.2) is 8.07 Å². The maximum absolute atomic E-state index is 3.28. The molecule has 0 saturated heterocycles. The van der Waals surface area contributed by atoms with Gasteiger partial charge in [0, 0.05) is 0 Å². The van der Waals surface area contributed by atoms with Gasteiger partial charge in [-0.05, 0) is 90.5 Å². The second-order valence-corrected chi connectivity index (χ2v) is 58.6. The third-order valence-electron chi connectivity index (χ3n) is 14.2. The second kappa shape index (κ2) is 20.0. The molecule has 4 aromatic rings. The van der Waals surface area contributed by atoms with Crippen LogP contribution in [0, 0.1) is 69.2 Å². The van der Waals surface area contributed by atoms with Gasteiger partial charge in [-0.3, -0.25) is 0 Å². The molecule has 0 spiro atoms. The van der Waals surface area contributed by atoms with E-state index >= 15 is 0 Å². The van der Waals surface area contributed by atoms with Crippen molar-refractivity contribution in [2.24, 2.45) is 0 Å². The Hall–Kier alpha value is 0.112. The van der Waals surface area contributed by atoms with Crippen molar-refractivity contribution < 1.29 is 58.9 Å². The van der Waals surface area contributed by atoms with Crippen molar-refractivity contribution in [3.05, 3.63) is 73.8 Å². The first kappa shape index (κ1) is 62.1. The van der Waals surface area contributed by atoms with Crippen molar-refractivity contribution in [2.45, 2.75) is 187 Å². The Bertz CT molecular complexity index is 2060. The summed E-state index contributed by atoms with van der Waals surface area (Å²) in [6.07, 6.45) is 0. The maximum Gasteiger partial charge on any atom is 4.00 e. The molecule has 0 aliphatic carbocycles. The molecule has 0 fully saturated rings. The van der Waals surface area contributed by atoms with E-state index in [4.69, 9.17) is 0 Å². The fourth-order valence-electron chi connectivity index (χ4n) is 11.0. The molecule has 62 heavy (non-hydrogen) atoms. The van der Waals surface area contributed by atoms with E-state index in [2.05, 4.69) is 205 Å². The fourth-order valence-corrected chi connectivity index (χ4v) is 38.8. The molecule has 0 aliphatic heterocycles. The van der Waals surface area contributed by atoms with Crippen molar-refractivity contribution in [1.82, 2.24) is 0 Å². The Morgan fingerprint density at radius 2 is 0.548 bits per heavy atom. The zero-order valence-corrected chi connectivity index (χ0v) is 55.7. The van der Waals surface area contributed by atoms with Crippen molar-refractivity contribution in [1.29, 1.82) is 0 Å². The summed E-state index contributed by atoms with van der Waals surface area (Å²) in [5, 5.41) is 18.1. The first-order chi connectivity index (χ1) is 25.8. The van der Waals surface area contributed by atoms with Gasteiger partial charge in [-0.2, -0.15) is 27.4 Å². The topological polar surface area (TPSA) is 0 Å². The van der Waals surface area contributed by atoms with E-state index < -0.39 is 56.5 Å². The van der Waals surface area contributed by atoms with Crippen molar-refractivity contribution in [2.75, 3.05) is 0 Å². The number of hydrogen-bond donors (Lipinski definition) is 0. The normalized spacial score (nSPS) is 13.0. The fraction of sp³-hybridized carbons (Fsp3) is 0.549. The van der Waals surface area contributed by atoms with E-state index in [1.165, 1.54) is 27.8 Å². The Labute approximate surface area is 424 Å². The van der Waals surface area contributed by atoms with Gasteiger partial charge in [-0.1, -0.05) is 195 Å². The molecule has 344 valence electrons. The van der Waals surface area contributed by atoms with Gasteiger partial charge in [0.1, 0.15) is 0 Å². The predicted octanol–water partition coefficient (Wildman–Crippen LogP) is 0.148. The van der Waals surface area contributed by atoms with Gasteiger partial charge in [0.2, 0.25) is 0 Å². The molecule has 0 radical (unpaired) electrons. The molecule has 0 bridgehead atoms. The monoisotopic (exact) mass is 1050 g/mol. The van der Waals surface area contributed by atoms with Crippen LogP contribution in [0.5, 0.6) is 0 Å². The number of rotatable bonds is 10. The smallest absolute Gasteiger partial charge is 1.00 e. The average molecular weight is 1050 g/mol. The molecule has 0 unspecified atom stereocenters. The van der Waals surface area contributed by atoms with Crippen LogP contribution in [-0.4, -0.2) is 56.5 Å². The summed E-state index contributed by atoms with van der Waals surface area (Å²) in [6, 6.07) is 8.34. The minimum absolute atomic E-state index is 0. The van der Waals surface area contributed by atoms with E-state index in [-0.39, 0.29) is 58.9 Å². The number of aryl methyl sites for hydroxylation is 3. The van der Waals surface area contributed by atoms with Gasteiger partial charge >= 0.3 is 21.7 Å². The first-order valence-electron chi connectivity index (χ1n) is 22.5. The van der Waals surface area contributed by atoms with Crippen molar-refractivity contribution in [3.63, 3.8) is 0 Å². The molecule has 0 amide bonds. The SMILES string of the molecule is Cc1cc([Si](C)(C)C)c([Si](c2c([Si](C)(C)C)cc(C)c(C)c2[Si](C)(C)C)(c2c([Si](C)(C)C)cc(C)c(C)c2[Si](C)(C)C)c2c(C)c(C)c(C)[c-]2C)c([Si](C)(C)C)c1C.[Cl-].[Cl-].[Cl-].[Ti+4]. The molecule has 4 aromatic carbocycles. The van der Waals surface area contributed by atoms with Crippen molar-refractivity contribution in [3.8, 4) is 0 Å². The van der Waals surface area contributed by atoms with E-state index in [0.29, 0.717) is 0 Å². The molecule has 0 nitrogen and oxygen atoms in total. The molecular weight excluding hydrogens is 963 g/mol. The molecule has 0 atom stereocenters. The van der Waals surface area contributed by atoms with Crippen LogP contribution in [0.2, 0.25) is 118 Å². The molecule has 0 aromatic heterocycles. The van der Waals surface area contributed by atoms with Crippen LogP contribution in [0.15, 0.2) is 18.2 Å². The first-order valence-corrected chi connectivity index (χ1v) is 45.5. The Kier molecular flexibility index (Phi) is 20.0. The minimum atomic E-state index is -3.28. The zero-order valence-electron chi connectivity index (χ0n) is 44.9. The van der Waals surface area contributed by atoms with E-state index in [0.717, 1.165) is 0 Å². The maximum atomic E-state index is 2.78. The molecule has 0 aliphatic rings. The third kappa shape index (κ3) is 10.7. The summed E-state index contributed by atoms with van der Waals surface area (Å²) in [5.41, 5.74) is 15.5. The summed E-state index contributed by atoms with van der Waals surface area (Å²) >= 11 is 0.